The topological polar surface area (TPSA) is 78.9 Å². The maximum absolute atomic E-state index is 12.2. The number of nitrogens with two attached hydrogens (primary N) is 1. The van der Waals surface area contributed by atoms with Gasteiger partial charge in [-0.3, -0.25) is 4.79 Å². The highest BCUT2D eigenvalue weighted by molar-refractivity contribution is 9.10. The Morgan fingerprint density at radius 1 is 1.20 bits per heavy atom. The van der Waals surface area contributed by atoms with E-state index in [0.29, 0.717) is 27.0 Å². The molecule has 0 aliphatic carbocycles. The molecule has 0 atom stereocenters. The molecular weight excluding hydrogens is 386 g/mol. The first-order valence-corrected chi connectivity index (χ1v) is 7.16. The van der Waals surface area contributed by atoms with Crippen LogP contribution in [0.5, 0.6) is 0 Å². The van der Waals surface area contributed by atoms with E-state index in [-0.39, 0.29) is 5.91 Å². The zero-order valence-electron chi connectivity index (χ0n) is 10.2. The van der Waals surface area contributed by atoms with E-state index in [2.05, 4.69) is 37.2 Å². The molecule has 0 aromatic heterocycles. The largest absolute Gasteiger partial charge is 0.399 e. The monoisotopic (exact) mass is 393 g/mol. The van der Waals surface area contributed by atoms with E-state index < -0.39 is 0 Å². The fourth-order valence-electron chi connectivity index (χ4n) is 1.62. The number of nitrogens with one attached hydrogen (secondary N) is 1. The molecule has 0 bridgehead atoms. The summed E-state index contributed by atoms with van der Waals surface area (Å²) in [4.78, 5) is 12.2. The lowest BCUT2D eigenvalue weighted by Crippen LogP contribution is -2.14. The van der Waals surface area contributed by atoms with E-state index in [1.807, 2.05) is 6.07 Å². The van der Waals surface area contributed by atoms with Gasteiger partial charge in [-0.2, -0.15) is 5.26 Å². The SMILES string of the molecule is N#Cc1ccc(Br)cc1NC(=O)c1cc(N)ccc1Br. The lowest BCUT2D eigenvalue weighted by Gasteiger charge is -2.09. The number of nitrogen functional groups attached to an aromatic ring is 1. The number of hydrogen-bond acceptors (Lipinski definition) is 3. The van der Waals surface area contributed by atoms with Crippen LogP contribution in [0.15, 0.2) is 45.3 Å². The van der Waals surface area contributed by atoms with Gasteiger partial charge in [-0.05, 0) is 52.3 Å². The van der Waals surface area contributed by atoms with Gasteiger partial charge in [0.2, 0.25) is 0 Å². The predicted octanol–water partition coefficient (Wildman–Crippen LogP) is 3.92. The minimum Gasteiger partial charge on any atom is -0.399 e. The van der Waals surface area contributed by atoms with Gasteiger partial charge >= 0.3 is 0 Å². The van der Waals surface area contributed by atoms with Crippen molar-refractivity contribution in [2.24, 2.45) is 0 Å². The van der Waals surface area contributed by atoms with Crippen molar-refractivity contribution in [3.63, 3.8) is 0 Å². The molecule has 2 aromatic carbocycles. The number of nitrogens with zero attached hydrogens (tertiary/aromatic N) is 1. The van der Waals surface area contributed by atoms with Crippen molar-refractivity contribution >= 4 is 49.1 Å². The van der Waals surface area contributed by atoms with Crippen LogP contribution in [0.4, 0.5) is 11.4 Å². The highest BCUT2D eigenvalue weighted by Gasteiger charge is 2.13. The van der Waals surface area contributed by atoms with Gasteiger partial charge in [0.1, 0.15) is 6.07 Å². The molecule has 20 heavy (non-hydrogen) atoms. The number of carbonyl (C=O) groups is 1. The minimum absolute atomic E-state index is 0.334. The van der Waals surface area contributed by atoms with Gasteiger partial charge in [0.15, 0.2) is 0 Å². The van der Waals surface area contributed by atoms with E-state index in [9.17, 15) is 4.79 Å². The zero-order chi connectivity index (χ0) is 14.7. The standard InChI is InChI=1S/C14H9Br2N3O/c15-9-2-1-8(7-17)13(5-9)19-14(20)11-6-10(18)3-4-12(11)16/h1-6H,18H2,(H,19,20). The van der Waals surface area contributed by atoms with E-state index in [1.165, 1.54) is 0 Å². The summed E-state index contributed by atoms with van der Waals surface area (Å²) in [6.45, 7) is 0. The van der Waals surface area contributed by atoms with Crippen molar-refractivity contribution in [3.05, 3.63) is 56.5 Å². The van der Waals surface area contributed by atoms with Crippen LogP contribution in [0.2, 0.25) is 0 Å². The Kier molecular flexibility index (Phi) is 4.42. The molecule has 0 fully saturated rings. The maximum Gasteiger partial charge on any atom is 0.256 e. The van der Waals surface area contributed by atoms with Crippen molar-refractivity contribution in [1.82, 2.24) is 0 Å². The van der Waals surface area contributed by atoms with Crippen molar-refractivity contribution in [3.8, 4) is 6.07 Å². The molecule has 2 aromatic rings. The quantitative estimate of drug-likeness (QED) is 0.757. The summed E-state index contributed by atoms with van der Waals surface area (Å²) >= 11 is 6.61. The molecule has 0 saturated carbocycles. The molecule has 0 unspecified atom stereocenters. The average molecular weight is 395 g/mol. The number of rotatable bonds is 2. The van der Waals surface area contributed by atoms with Gasteiger partial charge in [-0.1, -0.05) is 15.9 Å². The molecule has 4 nitrogen and oxygen atoms in total. The van der Waals surface area contributed by atoms with Gasteiger partial charge in [0.05, 0.1) is 16.8 Å². The van der Waals surface area contributed by atoms with Gasteiger partial charge in [0, 0.05) is 14.6 Å². The lowest BCUT2D eigenvalue weighted by atomic mass is 10.1. The molecule has 0 heterocycles. The number of nitriles is 1. The predicted molar refractivity (Wildman–Crippen MR) is 85.4 cm³/mol. The summed E-state index contributed by atoms with van der Waals surface area (Å²) in [6, 6.07) is 12.1. The molecule has 3 N–H and O–H groups in total. The zero-order valence-corrected chi connectivity index (χ0v) is 13.3. The number of benzene rings is 2. The van der Waals surface area contributed by atoms with Crippen LogP contribution < -0.4 is 11.1 Å². The third kappa shape index (κ3) is 3.18. The molecule has 1 amide bonds. The second kappa shape index (κ2) is 6.07. The molecule has 0 aliphatic heterocycles. The molecular formula is C14H9Br2N3O. The summed E-state index contributed by atoms with van der Waals surface area (Å²) in [6.07, 6.45) is 0. The van der Waals surface area contributed by atoms with E-state index in [1.54, 1.807) is 36.4 Å². The summed E-state index contributed by atoms with van der Waals surface area (Å²) in [7, 11) is 0. The third-order valence-electron chi connectivity index (χ3n) is 2.59. The fraction of sp³-hybridized carbons (Fsp3) is 0. The lowest BCUT2D eigenvalue weighted by molar-refractivity contribution is 0.102. The van der Waals surface area contributed by atoms with Crippen LogP contribution in [-0.2, 0) is 0 Å². The average Bonchev–Trinajstić information content (AvgIpc) is 2.41. The molecule has 2 rings (SSSR count). The normalized spacial score (nSPS) is 9.85. The number of hydrogen-bond donors (Lipinski definition) is 2. The Hall–Kier alpha value is -1.84. The van der Waals surface area contributed by atoms with E-state index in [0.717, 1.165) is 4.47 Å². The highest BCUT2D eigenvalue weighted by Crippen LogP contribution is 2.24. The Bertz CT molecular complexity index is 723. The summed E-state index contributed by atoms with van der Waals surface area (Å²) in [5, 5.41) is 11.8. The number of carbonyl (C=O) groups excluding carboxylic acids is 1. The van der Waals surface area contributed by atoms with Crippen LogP contribution in [0, 0.1) is 11.3 Å². The number of anilines is 2. The molecule has 0 radical (unpaired) electrons. The van der Waals surface area contributed by atoms with Crippen LogP contribution in [0.25, 0.3) is 0 Å². The Morgan fingerprint density at radius 3 is 2.65 bits per heavy atom. The first-order chi connectivity index (χ1) is 9.51. The van der Waals surface area contributed by atoms with Crippen LogP contribution in [-0.4, -0.2) is 5.91 Å². The molecule has 0 spiro atoms. The first-order valence-electron chi connectivity index (χ1n) is 5.57. The smallest absolute Gasteiger partial charge is 0.256 e. The third-order valence-corrected chi connectivity index (χ3v) is 3.77. The fourth-order valence-corrected chi connectivity index (χ4v) is 2.41. The van der Waals surface area contributed by atoms with Gasteiger partial charge in [-0.25, -0.2) is 0 Å². The number of amides is 1. The van der Waals surface area contributed by atoms with E-state index >= 15 is 0 Å². The van der Waals surface area contributed by atoms with Crippen molar-refractivity contribution in [2.45, 2.75) is 0 Å². The second-order valence-corrected chi connectivity index (χ2v) is 5.77. The molecule has 0 aliphatic rings. The van der Waals surface area contributed by atoms with Crippen molar-refractivity contribution < 1.29 is 4.79 Å². The van der Waals surface area contributed by atoms with Crippen LogP contribution >= 0.6 is 31.9 Å². The van der Waals surface area contributed by atoms with Gasteiger partial charge in [-0.15, -0.1) is 0 Å². The summed E-state index contributed by atoms with van der Waals surface area (Å²) in [5.41, 5.74) is 7.42. The van der Waals surface area contributed by atoms with Gasteiger partial charge in [0.25, 0.3) is 5.91 Å². The Balaban J connectivity index is 2.35. The van der Waals surface area contributed by atoms with Crippen LogP contribution in [0.1, 0.15) is 15.9 Å². The first kappa shape index (κ1) is 14.6. The Labute approximate surface area is 132 Å². The second-order valence-electron chi connectivity index (χ2n) is 4.00. The van der Waals surface area contributed by atoms with Crippen molar-refractivity contribution in [2.75, 3.05) is 11.1 Å². The highest BCUT2D eigenvalue weighted by atomic mass is 79.9. The summed E-state index contributed by atoms with van der Waals surface area (Å²) < 4.78 is 1.41. The maximum atomic E-state index is 12.2. The van der Waals surface area contributed by atoms with Gasteiger partial charge < -0.3 is 11.1 Å². The Morgan fingerprint density at radius 2 is 1.95 bits per heavy atom. The molecule has 100 valence electrons. The molecule has 6 heteroatoms. The van der Waals surface area contributed by atoms with E-state index in [4.69, 9.17) is 11.0 Å². The van der Waals surface area contributed by atoms with Crippen molar-refractivity contribution in [1.29, 1.82) is 5.26 Å². The number of halogens is 2. The molecule has 0 saturated heterocycles. The minimum atomic E-state index is -0.334. The van der Waals surface area contributed by atoms with Crippen LogP contribution in [0.3, 0.4) is 0 Å². The summed E-state index contributed by atoms with van der Waals surface area (Å²) in [5.74, 6) is -0.334.